The first-order valence-electron chi connectivity index (χ1n) is 5.77. The molecule has 0 aliphatic carbocycles. The Morgan fingerprint density at radius 1 is 1.14 bits per heavy atom. The Labute approximate surface area is 136 Å². The van der Waals surface area contributed by atoms with E-state index in [-0.39, 0.29) is 21.3 Å². The number of thiocarbonyl (C=S) groups is 1. The molecule has 0 saturated carbocycles. The van der Waals surface area contributed by atoms with Crippen LogP contribution in [-0.4, -0.2) is 16.0 Å². The largest absolute Gasteiger partial charge is 0.508 e. The van der Waals surface area contributed by atoms with Crippen LogP contribution in [0, 0.1) is 0 Å². The third-order valence-corrected chi connectivity index (χ3v) is 3.59. The van der Waals surface area contributed by atoms with E-state index in [9.17, 15) is 9.90 Å². The highest BCUT2D eigenvalue weighted by molar-refractivity contribution is 7.80. The van der Waals surface area contributed by atoms with E-state index < -0.39 is 5.91 Å². The summed E-state index contributed by atoms with van der Waals surface area (Å²) in [6.07, 6.45) is 0. The number of carbonyl (C=O) groups is 1. The second-order valence-electron chi connectivity index (χ2n) is 4.18. The van der Waals surface area contributed by atoms with E-state index in [1.54, 1.807) is 18.2 Å². The zero-order chi connectivity index (χ0) is 15.6. The van der Waals surface area contributed by atoms with Gasteiger partial charge in [0.15, 0.2) is 0 Å². The summed E-state index contributed by atoms with van der Waals surface area (Å²) in [7, 11) is 0. The minimum absolute atomic E-state index is 0.0625. The van der Waals surface area contributed by atoms with Crippen molar-refractivity contribution < 1.29 is 9.90 Å². The van der Waals surface area contributed by atoms with E-state index in [0.717, 1.165) is 0 Å². The summed E-state index contributed by atoms with van der Waals surface area (Å²) in [5.74, 6) is -0.564. The van der Waals surface area contributed by atoms with Crippen LogP contribution in [0.1, 0.15) is 15.9 Å². The van der Waals surface area contributed by atoms with Crippen molar-refractivity contribution in [3.8, 4) is 5.75 Å². The number of amides is 1. The zero-order valence-electron chi connectivity index (χ0n) is 10.6. The number of nitrogens with one attached hydrogen (secondary N) is 1. The lowest BCUT2D eigenvalue weighted by molar-refractivity contribution is 0.102. The average Bonchev–Trinajstić information content (AvgIpc) is 2.43. The molecule has 0 unspecified atom stereocenters. The molecule has 4 nitrogen and oxygen atoms in total. The van der Waals surface area contributed by atoms with Gasteiger partial charge in [-0.25, -0.2) is 0 Å². The van der Waals surface area contributed by atoms with E-state index in [1.807, 2.05) is 0 Å². The number of carbonyl (C=O) groups excluding carboxylic acids is 1. The Hall–Kier alpha value is -1.82. The molecule has 7 heteroatoms. The van der Waals surface area contributed by atoms with Gasteiger partial charge in [0.25, 0.3) is 5.91 Å². The van der Waals surface area contributed by atoms with E-state index in [1.165, 1.54) is 18.2 Å². The van der Waals surface area contributed by atoms with Gasteiger partial charge in [-0.3, -0.25) is 4.79 Å². The molecule has 0 spiro atoms. The molecular formula is C14H10Cl2N2O2S. The lowest BCUT2D eigenvalue weighted by atomic mass is 10.1. The first kappa shape index (κ1) is 15.6. The normalized spacial score (nSPS) is 10.2. The summed E-state index contributed by atoms with van der Waals surface area (Å²) in [5.41, 5.74) is 6.60. The number of nitrogens with two attached hydrogens (primary N) is 1. The highest BCUT2D eigenvalue weighted by Crippen LogP contribution is 2.26. The molecule has 0 saturated heterocycles. The number of hydrogen-bond donors (Lipinski definition) is 3. The van der Waals surface area contributed by atoms with Crippen LogP contribution in [0.4, 0.5) is 5.69 Å². The van der Waals surface area contributed by atoms with Crippen molar-refractivity contribution in [1.82, 2.24) is 0 Å². The molecule has 0 bridgehead atoms. The molecule has 0 fully saturated rings. The SMILES string of the molecule is NC(=S)c1ccc(Cl)c(NC(=O)c2cc(O)ccc2Cl)c1. The Morgan fingerprint density at radius 2 is 1.81 bits per heavy atom. The van der Waals surface area contributed by atoms with Gasteiger partial charge in [-0.15, -0.1) is 0 Å². The lowest BCUT2D eigenvalue weighted by Crippen LogP contribution is -2.14. The number of anilines is 1. The standard InChI is InChI=1S/C14H10Cl2N2O2S/c15-10-4-2-8(19)6-9(10)14(20)18-12-5-7(13(17)21)1-3-11(12)16/h1-6,19H,(H2,17,21)(H,18,20). The van der Waals surface area contributed by atoms with Gasteiger partial charge in [-0.2, -0.15) is 0 Å². The molecule has 4 N–H and O–H groups in total. The van der Waals surface area contributed by atoms with Crippen LogP contribution in [0.3, 0.4) is 0 Å². The number of hydrogen-bond acceptors (Lipinski definition) is 3. The number of benzene rings is 2. The first-order valence-corrected chi connectivity index (χ1v) is 6.94. The fourth-order valence-electron chi connectivity index (χ4n) is 1.65. The average molecular weight is 341 g/mol. The van der Waals surface area contributed by atoms with Gasteiger partial charge in [0.1, 0.15) is 10.7 Å². The Bertz CT molecular complexity index is 735. The van der Waals surface area contributed by atoms with E-state index in [4.69, 9.17) is 41.2 Å². The van der Waals surface area contributed by atoms with Gasteiger partial charge in [0.05, 0.1) is 21.3 Å². The topological polar surface area (TPSA) is 75.3 Å². The predicted molar refractivity (Wildman–Crippen MR) is 88.4 cm³/mol. The van der Waals surface area contributed by atoms with Crippen molar-refractivity contribution >= 4 is 52.0 Å². The second kappa shape index (κ2) is 6.30. The van der Waals surface area contributed by atoms with Gasteiger partial charge in [-0.1, -0.05) is 41.5 Å². The maximum atomic E-state index is 12.2. The fourth-order valence-corrected chi connectivity index (χ4v) is 2.15. The third kappa shape index (κ3) is 3.64. The van der Waals surface area contributed by atoms with Crippen LogP contribution < -0.4 is 11.1 Å². The van der Waals surface area contributed by atoms with Crippen LogP contribution in [0.25, 0.3) is 0 Å². The van der Waals surface area contributed by atoms with Crippen LogP contribution in [0.5, 0.6) is 5.75 Å². The highest BCUT2D eigenvalue weighted by Gasteiger charge is 2.13. The van der Waals surface area contributed by atoms with Crippen molar-refractivity contribution in [2.24, 2.45) is 5.73 Å². The van der Waals surface area contributed by atoms with E-state index in [2.05, 4.69) is 5.32 Å². The van der Waals surface area contributed by atoms with Gasteiger partial charge in [0, 0.05) is 5.56 Å². The molecule has 108 valence electrons. The summed E-state index contributed by atoms with van der Waals surface area (Å²) < 4.78 is 0. The molecule has 2 rings (SSSR count). The van der Waals surface area contributed by atoms with Crippen molar-refractivity contribution in [2.45, 2.75) is 0 Å². The summed E-state index contributed by atoms with van der Waals surface area (Å²) in [6.45, 7) is 0. The molecule has 0 heterocycles. The number of phenolic OH excluding ortho intramolecular Hbond substituents is 1. The fraction of sp³-hybridized carbons (Fsp3) is 0. The van der Waals surface area contributed by atoms with Crippen molar-refractivity contribution in [2.75, 3.05) is 5.32 Å². The molecular weight excluding hydrogens is 331 g/mol. The van der Waals surface area contributed by atoms with Crippen LogP contribution in [0.2, 0.25) is 10.0 Å². The summed E-state index contributed by atoms with van der Waals surface area (Å²) >= 11 is 16.8. The molecule has 0 radical (unpaired) electrons. The highest BCUT2D eigenvalue weighted by atomic mass is 35.5. The summed E-state index contributed by atoms with van der Waals surface area (Å²) in [6, 6.07) is 8.89. The number of aromatic hydroxyl groups is 1. The summed E-state index contributed by atoms with van der Waals surface area (Å²) in [5, 5.41) is 12.6. The lowest BCUT2D eigenvalue weighted by Gasteiger charge is -2.10. The maximum absolute atomic E-state index is 12.2. The molecule has 0 aliphatic rings. The van der Waals surface area contributed by atoms with Crippen molar-refractivity contribution in [3.63, 3.8) is 0 Å². The Kier molecular flexibility index (Phi) is 4.67. The Balaban J connectivity index is 2.33. The van der Waals surface area contributed by atoms with Crippen molar-refractivity contribution in [1.29, 1.82) is 0 Å². The Morgan fingerprint density at radius 3 is 2.48 bits per heavy atom. The third-order valence-electron chi connectivity index (χ3n) is 2.69. The molecule has 2 aromatic rings. The van der Waals surface area contributed by atoms with E-state index in [0.29, 0.717) is 16.3 Å². The minimum atomic E-state index is -0.502. The van der Waals surface area contributed by atoms with Crippen LogP contribution in [-0.2, 0) is 0 Å². The zero-order valence-corrected chi connectivity index (χ0v) is 12.9. The summed E-state index contributed by atoms with van der Waals surface area (Å²) in [4.78, 5) is 12.4. The van der Waals surface area contributed by atoms with Crippen molar-refractivity contribution in [3.05, 3.63) is 57.6 Å². The minimum Gasteiger partial charge on any atom is -0.508 e. The molecule has 0 aliphatic heterocycles. The molecule has 21 heavy (non-hydrogen) atoms. The predicted octanol–water partition coefficient (Wildman–Crippen LogP) is 3.59. The van der Waals surface area contributed by atoms with Crippen LogP contribution >= 0.6 is 35.4 Å². The van der Waals surface area contributed by atoms with Gasteiger partial charge in [-0.05, 0) is 30.3 Å². The smallest absolute Gasteiger partial charge is 0.257 e. The monoisotopic (exact) mass is 340 g/mol. The molecule has 0 atom stereocenters. The molecule has 1 amide bonds. The first-order chi connectivity index (χ1) is 9.88. The van der Waals surface area contributed by atoms with Crippen LogP contribution in [0.15, 0.2) is 36.4 Å². The maximum Gasteiger partial charge on any atom is 0.257 e. The van der Waals surface area contributed by atoms with Gasteiger partial charge in [0.2, 0.25) is 0 Å². The second-order valence-corrected chi connectivity index (χ2v) is 5.43. The van der Waals surface area contributed by atoms with E-state index >= 15 is 0 Å². The number of phenols is 1. The quantitative estimate of drug-likeness (QED) is 0.746. The number of halogens is 2. The number of rotatable bonds is 3. The molecule has 0 aromatic heterocycles. The molecule has 2 aromatic carbocycles. The van der Waals surface area contributed by atoms with Gasteiger partial charge < -0.3 is 16.2 Å². The van der Waals surface area contributed by atoms with Gasteiger partial charge >= 0.3 is 0 Å².